The van der Waals surface area contributed by atoms with Crippen molar-refractivity contribution in [3.63, 3.8) is 0 Å². The van der Waals surface area contributed by atoms with Gasteiger partial charge in [0.2, 0.25) is 0 Å². The number of likely N-dealkylation sites (tertiary alicyclic amines) is 1. The SMILES string of the molecule is CN1CC(c2ccc(C(C)(C)CO)cc2)C1. The molecule has 1 N–H and O–H groups in total. The maximum absolute atomic E-state index is 9.31. The molecule has 0 aliphatic carbocycles. The number of hydrogen-bond donors (Lipinski definition) is 1. The van der Waals surface area contributed by atoms with Crippen LogP contribution < -0.4 is 0 Å². The van der Waals surface area contributed by atoms with Crippen molar-refractivity contribution in [2.24, 2.45) is 0 Å². The van der Waals surface area contributed by atoms with E-state index in [-0.39, 0.29) is 12.0 Å². The fraction of sp³-hybridized carbons (Fsp3) is 0.571. The van der Waals surface area contributed by atoms with Crippen LogP contribution in [0.5, 0.6) is 0 Å². The van der Waals surface area contributed by atoms with E-state index < -0.39 is 0 Å². The summed E-state index contributed by atoms with van der Waals surface area (Å²) in [5.74, 6) is 0.705. The standard InChI is InChI=1S/C14H21NO/c1-14(2,10-16)13-6-4-11(5-7-13)12-8-15(3)9-12/h4-7,12,16H,8-10H2,1-3H3. The molecule has 2 heteroatoms. The van der Waals surface area contributed by atoms with Crippen molar-refractivity contribution >= 4 is 0 Å². The molecule has 0 bridgehead atoms. The molecular weight excluding hydrogens is 198 g/mol. The molecule has 16 heavy (non-hydrogen) atoms. The molecule has 2 nitrogen and oxygen atoms in total. The van der Waals surface area contributed by atoms with Crippen LogP contribution in [0.2, 0.25) is 0 Å². The maximum atomic E-state index is 9.31. The van der Waals surface area contributed by atoms with E-state index >= 15 is 0 Å². The molecule has 1 aromatic carbocycles. The van der Waals surface area contributed by atoms with Crippen LogP contribution in [0.4, 0.5) is 0 Å². The monoisotopic (exact) mass is 219 g/mol. The molecule has 1 heterocycles. The van der Waals surface area contributed by atoms with Gasteiger partial charge in [-0.2, -0.15) is 0 Å². The smallest absolute Gasteiger partial charge is 0.0522 e. The number of rotatable bonds is 3. The van der Waals surface area contributed by atoms with Gasteiger partial charge in [0.15, 0.2) is 0 Å². The second-order valence-corrected chi connectivity index (χ2v) is 5.58. The molecule has 0 saturated carbocycles. The van der Waals surface area contributed by atoms with Crippen molar-refractivity contribution in [3.05, 3.63) is 35.4 Å². The third kappa shape index (κ3) is 2.13. The number of hydrogen-bond acceptors (Lipinski definition) is 2. The number of nitrogens with zero attached hydrogens (tertiary/aromatic N) is 1. The van der Waals surface area contributed by atoms with Crippen molar-refractivity contribution in [2.45, 2.75) is 25.2 Å². The molecule has 0 aromatic heterocycles. The summed E-state index contributed by atoms with van der Waals surface area (Å²) in [7, 11) is 2.15. The fourth-order valence-electron chi connectivity index (χ4n) is 2.21. The zero-order valence-electron chi connectivity index (χ0n) is 10.4. The predicted octanol–water partition coefficient (Wildman–Crippen LogP) is 1.99. The minimum atomic E-state index is -0.130. The average Bonchev–Trinajstić information content (AvgIpc) is 2.25. The largest absolute Gasteiger partial charge is 0.395 e. The molecule has 0 amide bonds. The molecule has 0 radical (unpaired) electrons. The first-order chi connectivity index (χ1) is 7.53. The summed E-state index contributed by atoms with van der Waals surface area (Å²) in [6, 6.07) is 8.74. The van der Waals surface area contributed by atoms with Crippen LogP contribution in [0.1, 0.15) is 30.9 Å². The van der Waals surface area contributed by atoms with Crippen LogP contribution >= 0.6 is 0 Å². The first-order valence-corrected chi connectivity index (χ1v) is 5.93. The second kappa shape index (κ2) is 4.19. The topological polar surface area (TPSA) is 23.5 Å². The van der Waals surface area contributed by atoms with Gasteiger partial charge in [0.05, 0.1) is 6.61 Å². The Morgan fingerprint density at radius 1 is 1.25 bits per heavy atom. The Balaban J connectivity index is 2.11. The lowest BCUT2D eigenvalue weighted by Gasteiger charge is -2.36. The molecule has 0 unspecified atom stereocenters. The Kier molecular flexibility index (Phi) is 3.04. The molecular formula is C14H21NO. The number of benzene rings is 1. The molecule has 0 spiro atoms. The Labute approximate surface area is 97.9 Å². The Hall–Kier alpha value is -0.860. The maximum Gasteiger partial charge on any atom is 0.0522 e. The van der Waals surface area contributed by atoms with E-state index in [4.69, 9.17) is 0 Å². The Morgan fingerprint density at radius 2 is 1.81 bits per heavy atom. The van der Waals surface area contributed by atoms with Gasteiger partial charge in [-0.1, -0.05) is 38.1 Å². The van der Waals surface area contributed by atoms with Crippen LogP contribution in [0.25, 0.3) is 0 Å². The summed E-state index contributed by atoms with van der Waals surface area (Å²) < 4.78 is 0. The van der Waals surface area contributed by atoms with Crippen LogP contribution in [0, 0.1) is 0 Å². The summed E-state index contributed by atoms with van der Waals surface area (Å²) in [4.78, 5) is 2.33. The number of likely N-dealkylation sites (N-methyl/N-ethyl adjacent to an activating group) is 1. The highest BCUT2D eigenvalue weighted by atomic mass is 16.3. The van der Waals surface area contributed by atoms with E-state index in [1.165, 1.54) is 24.2 Å². The minimum absolute atomic E-state index is 0.130. The van der Waals surface area contributed by atoms with E-state index in [1.807, 2.05) is 0 Å². The van der Waals surface area contributed by atoms with Crippen LogP contribution in [0.3, 0.4) is 0 Å². The first-order valence-electron chi connectivity index (χ1n) is 5.93. The molecule has 0 atom stereocenters. The molecule has 1 aliphatic rings. The van der Waals surface area contributed by atoms with E-state index in [9.17, 15) is 5.11 Å². The summed E-state index contributed by atoms with van der Waals surface area (Å²) in [6.45, 7) is 6.67. The normalized spacial score (nSPS) is 18.5. The van der Waals surface area contributed by atoms with Crippen LogP contribution in [-0.2, 0) is 5.41 Å². The summed E-state index contributed by atoms with van der Waals surface area (Å²) in [6.07, 6.45) is 0. The van der Waals surface area contributed by atoms with E-state index in [1.54, 1.807) is 0 Å². The number of aliphatic hydroxyl groups is 1. The van der Waals surface area contributed by atoms with Gasteiger partial charge in [0.25, 0.3) is 0 Å². The minimum Gasteiger partial charge on any atom is -0.395 e. The third-order valence-electron chi connectivity index (χ3n) is 3.62. The van der Waals surface area contributed by atoms with Gasteiger partial charge in [0.1, 0.15) is 0 Å². The third-order valence-corrected chi connectivity index (χ3v) is 3.62. The highest BCUT2D eigenvalue weighted by Gasteiger charge is 2.25. The average molecular weight is 219 g/mol. The second-order valence-electron chi connectivity index (χ2n) is 5.58. The summed E-state index contributed by atoms with van der Waals surface area (Å²) in [5.41, 5.74) is 2.51. The van der Waals surface area contributed by atoms with E-state index in [0.29, 0.717) is 5.92 Å². The van der Waals surface area contributed by atoms with Gasteiger partial charge < -0.3 is 10.0 Å². The highest BCUT2D eigenvalue weighted by Crippen LogP contribution is 2.28. The van der Waals surface area contributed by atoms with Crippen molar-refractivity contribution in [1.82, 2.24) is 4.90 Å². The zero-order chi connectivity index (χ0) is 11.8. The van der Waals surface area contributed by atoms with Crippen LogP contribution in [0.15, 0.2) is 24.3 Å². The molecule has 2 rings (SSSR count). The van der Waals surface area contributed by atoms with Crippen LogP contribution in [-0.4, -0.2) is 36.8 Å². The molecule has 1 saturated heterocycles. The predicted molar refractivity (Wildman–Crippen MR) is 66.8 cm³/mol. The quantitative estimate of drug-likeness (QED) is 0.840. The Bertz CT molecular complexity index is 350. The molecule has 88 valence electrons. The van der Waals surface area contributed by atoms with Crippen molar-refractivity contribution in [1.29, 1.82) is 0 Å². The van der Waals surface area contributed by atoms with Gasteiger partial charge in [0, 0.05) is 24.4 Å². The van der Waals surface area contributed by atoms with Gasteiger partial charge in [-0.15, -0.1) is 0 Å². The fourth-order valence-corrected chi connectivity index (χ4v) is 2.21. The van der Waals surface area contributed by atoms with Gasteiger partial charge in [-0.25, -0.2) is 0 Å². The van der Waals surface area contributed by atoms with Gasteiger partial charge in [-0.05, 0) is 18.2 Å². The molecule has 1 aliphatic heterocycles. The number of aliphatic hydroxyl groups excluding tert-OH is 1. The molecule has 1 aromatic rings. The van der Waals surface area contributed by atoms with E-state index in [2.05, 4.69) is 50.1 Å². The zero-order valence-corrected chi connectivity index (χ0v) is 10.4. The summed E-state index contributed by atoms with van der Waals surface area (Å²) in [5, 5.41) is 9.31. The van der Waals surface area contributed by atoms with Crippen molar-refractivity contribution in [3.8, 4) is 0 Å². The Morgan fingerprint density at radius 3 is 2.25 bits per heavy atom. The highest BCUT2D eigenvalue weighted by molar-refractivity contribution is 5.31. The first kappa shape index (κ1) is 11.6. The van der Waals surface area contributed by atoms with E-state index in [0.717, 1.165) is 0 Å². The summed E-state index contributed by atoms with van der Waals surface area (Å²) >= 11 is 0. The van der Waals surface area contributed by atoms with Crippen molar-refractivity contribution < 1.29 is 5.11 Å². The lowest BCUT2D eigenvalue weighted by atomic mass is 9.83. The van der Waals surface area contributed by atoms with Crippen molar-refractivity contribution in [2.75, 3.05) is 26.7 Å². The lowest BCUT2D eigenvalue weighted by Crippen LogP contribution is -2.41. The van der Waals surface area contributed by atoms with Gasteiger partial charge >= 0.3 is 0 Å². The lowest BCUT2D eigenvalue weighted by molar-refractivity contribution is 0.189. The van der Waals surface area contributed by atoms with Gasteiger partial charge in [-0.3, -0.25) is 0 Å². The molecule has 1 fully saturated rings.